The molecule has 3 aromatic rings. The molecule has 0 spiro atoms. The summed E-state index contributed by atoms with van der Waals surface area (Å²) in [5.41, 5.74) is 9.52. The van der Waals surface area contributed by atoms with Gasteiger partial charge >= 0.3 is 12.1 Å². The predicted molar refractivity (Wildman–Crippen MR) is 112 cm³/mol. The lowest BCUT2D eigenvalue weighted by molar-refractivity contribution is -0.192. The summed E-state index contributed by atoms with van der Waals surface area (Å²) in [5, 5.41) is 16.3. The summed E-state index contributed by atoms with van der Waals surface area (Å²) in [6, 6.07) is 5.31. The van der Waals surface area contributed by atoms with E-state index in [9.17, 15) is 18.0 Å². The van der Waals surface area contributed by atoms with Crippen LogP contribution in [-0.2, 0) is 11.8 Å². The third-order valence-corrected chi connectivity index (χ3v) is 4.53. The summed E-state index contributed by atoms with van der Waals surface area (Å²) < 4.78 is 39.1. The van der Waals surface area contributed by atoms with Crippen molar-refractivity contribution < 1.29 is 32.6 Å². The molecule has 0 aliphatic rings. The molecule has 1 aromatic carbocycles. The Bertz CT molecular complexity index is 1050. The highest BCUT2D eigenvalue weighted by Gasteiger charge is 2.38. The molecule has 172 valence electrons. The second kappa shape index (κ2) is 10.9. The maximum atomic E-state index is 12.2. The number of carboxylic acid groups (broad SMARTS) is 1. The first-order chi connectivity index (χ1) is 15.0. The van der Waals surface area contributed by atoms with Gasteiger partial charge in [-0.3, -0.25) is 9.48 Å². The molecule has 2 heterocycles. The second-order valence-electron chi connectivity index (χ2n) is 5.94. The number of rotatable bonds is 6. The molecular formula is C18H17ClF3N5O4S. The van der Waals surface area contributed by atoms with E-state index in [2.05, 4.69) is 15.4 Å². The number of ether oxygens (including phenoxy) is 1. The zero-order valence-corrected chi connectivity index (χ0v) is 18.0. The number of carboxylic acids is 1. The molecule has 0 radical (unpaired) electrons. The van der Waals surface area contributed by atoms with Crippen molar-refractivity contribution in [3.05, 3.63) is 46.0 Å². The number of aromatic nitrogens is 3. The zero-order chi connectivity index (χ0) is 23.9. The Balaban J connectivity index is 0.000000451. The van der Waals surface area contributed by atoms with Crippen LogP contribution in [0.15, 0.2) is 35.3 Å². The second-order valence-corrected chi connectivity index (χ2v) is 7.07. The number of hydrogen-bond donors (Lipinski definition) is 3. The predicted octanol–water partition coefficient (Wildman–Crippen LogP) is 3.42. The quantitative estimate of drug-likeness (QED) is 0.481. The molecule has 1 amide bonds. The topological polar surface area (TPSA) is 132 Å². The van der Waals surface area contributed by atoms with Crippen molar-refractivity contribution in [2.45, 2.75) is 6.18 Å². The monoisotopic (exact) mass is 491 g/mol. The fourth-order valence-electron chi connectivity index (χ4n) is 2.32. The van der Waals surface area contributed by atoms with Gasteiger partial charge in [0.2, 0.25) is 0 Å². The first-order valence-electron chi connectivity index (χ1n) is 8.69. The van der Waals surface area contributed by atoms with Crippen molar-refractivity contribution in [1.82, 2.24) is 14.8 Å². The minimum absolute atomic E-state index is 0.279. The summed E-state index contributed by atoms with van der Waals surface area (Å²) in [6.45, 7) is 0.758. The molecule has 3 rings (SSSR count). The Morgan fingerprint density at radius 3 is 2.56 bits per heavy atom. The number of nitrogens with one attached hydrogen (secondary N) is 1. The molecule has 14 heteroatoms. The Kier molecular flexibility index (Phi) is 8.57. The molecule has 0 aliphatic carbocycles. The maximum absolute atomic E-state index is 12.2. The van der Waals surface area contributed by atoms with Crippen molar-refractivity contribution in [2.75, 3.05) is 18.5 Å². The molecule has 0 saturated heterocycles. The minimum atomic E-state index is -5.08. The lowest BCUT2D eigenvalue weighted by atomic mass is 10.1. The Morgan fingerprint density at radius 2 is 2.06 bits per heavy atom. The van der Waals surface area contributed by atoms with Crippen LogP contribution in [0.25, 0.3) is 11.3 Å². The van der Waals surface area contributed by atoms with Gasteiger partial charge in [0, 0.05) is 30.2 Å². The number of amides is 1. The van der Waals surface area contributed by atoms with Crippen LogP contribution in [0.2, 0.25) is 5.02 Å². The molecule has 0 atom stereocenters. The molecule has 32 heavy (non-hydrogen) atoms. The molecule has 0 bridgehead atoms. The van der Waals surface area contributed by atoms with Gasteiger partial charge in [0.1, 0.15) is 18.1 Å². The molecule has 2 aromatic heterocycles. The van der Waals surface area contributed by atoms with Crippen LogP contribution in [0.5, 0.6) is 5.75 Å². The van der Waals surface area contributed by atoms with E-state index >= 15 is 0 Å². The van der Waals surface area contributed by atoms with Gasteiger partial charge in [0.15, 0.2) is 0 Å². The summed E-state index contributed by atoms with van der Waals surface area (Å²) in [6.07, 6.45) is -3.52. The van der Waals surface area contributed by atoms with Crippen LogP contribution < -0.4 is 15.8 Å². The van der Waals surface area contributed by atoms with Crippen LogP contribution in [-0.4, -0.2) is 51.1 Å². The Morgan fingerprint density at radius 1 is 1.38 bits per heavy atom. The summed E-state index contributed by atoms with van der Waals surface area (Å²) >= 11 is 7.63. The van der Waals surface area contributed by atoms with E-state index in [0.29, 0.717) is 41.0 Å². The molecule has 4 N–H and O–H groups in total. The SMILES string of the molecule is Cn1ncc(Cl)c1-c1cc(NC(=O)c2cscn2)ccc1OCCN.O=C(O)C(F)(F)F. The van der Waals surface area contributed by atoms with Gasteiger partial charge in [0.25, 0.3) is 5.91 Å². The number of benzene rings is 1. The van der Waals surface area contributed by atoms with E-state index in [-0.39, 0.29) is 5.91 Å². The molecule has 0 unspecified atom stereocenters. The molecule has 0 aliphatic heterocycles. The lowest BCUT2D eigenvalue weighted by Gasteiger charge is -2.14. The van der Waals surface area contributed by atoms with Crippen LogP contribution >= 0.6 is 22.9 Å². The van der Waals surface area contributed by atoms with Gasteiger partial charge in [-0.15, -0.1) is 11.3 Å². The number of carbonyl (C=O) groups is 2. The fourth-order valence-corrected chi connectivity index (χ4v) is 3.12. The van der Waals surface area contributed by atoms with Gasteiger partial charge in [0.05, 0.1) is 22.4 Å². The van der Waals surface area contributed by atoms with E-state index in [0.717, 1.165) is 5.56 Å². The molecule has 0 fully saturated rings. The van der Waals surface area contributed by atoms with Crippen molar-refractivity contribution in [3.8, 4) is 17.0 Å². The first-order valence-corrected chi connectivity index (χ1v) is 10.0. The zero-order valence-electron chi connectivity index (χ0n) is 16.4. The van der Waals surface area contributed by atoms with Gasteiger partial charge in [-0.2, -0.15) is 18.3 Å². The molecule has 0 saturated carbocycles. The normalized spacial score (nSPS) is 10.8. The van der Waals surface area contributed by atoms with Crippen LogP contribution in [0, 0.1) is 0 Å². The maximum Gasteiger partial charge on any atom is 0.490 e. The van der Waals surface area contributed by atoms with E-state index in [1.807, 2.05) is 0 Å². The number of halogens is 4. The van der Waals surface area contributed by atoms with Crippen molar-refractivity contribution in [3.63, 3.8) is 0 Å². The van der Waals surface area contributed by atoms with Gasteiger partial charge in [-0.05, 0) is 18.2 Å². The third kappa shape index (κ3) is 6.67. The van der Waals surface area contributed by atoms with E-state index < -0.39 is 12.1 Å². The Hall–Kier alpha value is -3.16. The summed E-state index contributed by atoms with van der Waals surface area (Å²) in [5.74, 6) is -2.42. The van der Waals surface area contributed by atoms with Crippen LogP contribution in [0.3, 0.4) is 0 Å². The van der Waals surface area contributed by atoms with Crippen molar-refractivity contribution in [2.24, 2.45) is 12.8 Å². The highest BCUT2D eigenvalue weighted by Crippen LogP contribution is 2.36. The summed E-state index contributed by atoms with van der Waals surface area (Å²) in [7, 11) is 1.79. The van der Waals surface area contributed by atoms with Crippen molar-refractivity contribution in [1.29, 1.82) is 0 Å². The number of carbonyl (C=O) groups excluding carboxylic acids is 1. The lowest BCUT2D eigenvalue weighted by Crippen LogP contribution is -2.21. The largest absolute Gasteiger partial charge is 0.492 e. The number of aliphatic carboxylic acids is 1. The average Bonchev–Trinajstić information content (AvgIpc) is 3.37. The Labute approximate surface area is 188 Å². The van der Waals surface area contributed by atoms with Crippen LogP contribution in [0.1, 0.15) is 10.5 Å². The average molecular weight is 492 g/mol. The smallest absolute Gasteiger partial charge is 0.490 e. The number of anilines is 1. The molecule has 9 nitrogen and oxygen atoms in total. The molecular weight excluding hydrogens is 475 g/mol. The fraction of sp³-hybridized carbons (Fsp3) is 0.222. The number of aryl methyl sites for hydroxylation is 1. The number of alkyl halides is 3. The third-order valence-electron chi connectivity index (χ3n) is 3.67. The standard InChI is InChI=1S/C16H16ClN5O2S.C2HF3O2/c1-22-15(12(17)7-20-22)11-6-10(2-3-14(11)24-5-4-18)21-16(23)13-8-25-9-19-13;3-2(4,5)1(6)7/h2-3,6-9H,4-5,18H2,1H3,(H,21,23);(H,6,7). The minimum Gasteiger partial charge on any atom is -0.492 e. The van der Waals surface area contributed by atoms with Crippen LogP contribution in [0.4, 0.5) is 18.9 Å². The highest BCUT2D eigenvalue weighted by atomic mass is 35.5. The number of thiazole rings is 1. The van der Waals surface area contributed by atoms with E-state index in [4.69, 9.17) is 32.0 Å². The van der Waals surface area contributed by atoms with Gasteiger partial charge in [-0.25, -0.2) is 9.78 Å². The number of nitrogens with two attached hydrogens (primary N) is 1. The van der Waals surface area contributed by atoms with E-state index in [1.54, 1.807) is 47.0 Å². The number of hydrogen-bond acceptors (Lipinski definition) is 7. The van der Waals surface area contributed by atoms with Gasteiger partial charge in [-0.1, -0.05) is 11.6 Å². The van der Waals surface area contributed by atoms with Gasteiger partial charge < -0.3 is 20.9 Å². The number of nitrogens with zero attached hydrogens (tertiary/aromatic N) is 3. The van der Waals surface area contributed by atoms with E-state index in [1.165, 1.54) is 11.3 Å². The first kappa shape index (κ1) is 25.1. The summed E-state index contributed by atoms with van der Waals surface area (Å²) in [4.78, 5) is 25.1. The van der Waals surface area contributed by atoms with Crippen molar-refractivity contribution >= 4 is 40.5 Å². The highest BCUT2D eigenvalue weighted by molar-refractivity contribution is 7.07.